The third kappa shape index (κ3) is 10.1. The van der Waals surface area contributed by atoms with Gasteiger partial charge in [-0.3, -0.25) is 0 Å². The minimum Gasteiger partial charge on any atom is -0.0991 e. The summed E-state index contributed by atoms with van der Waals surface area (Å²) in [6.45, 7) is 16.6. The zero-order valence-electron chi connectivity index (χ0n) is 31.3. The predicted molar refractivity (Wildman–Crippen MR) is 223 cm³/mol. The van der Waals surface area contributed by atoms with Crippen molar-refractivity contribution < 1.29 is 0 Å². The average Bonchev–Trinajstić information content (AvgIpc) is 3.17. The van der Waals surface area contributed by atoms with Crippen LogP contribution < -0.4 is 10.4 Å². The van der Waals surface area contributed by atoms with Crippen LogP contribution >= 0.6 is 0 Å². The summed E-state index contributed by atoms with van der Waals surface area (Å²) in [5, 5.41) is 2.52. The van der Waals surface area contributed by atoms with Gasteiger partial charge in [0.1, 0.15) is 0 Å². The van der Waals surface area contributed by atoms with E-state index in [4.69, 9.17) is 0 Å². The lowest BCUT2D eigenvalue weighted by molar-refractivity contribution is 0.883. The van der Waals surface area contributed by atoms with Crippen LogP contribution in [0.3, 0.4) is 0 Å². The van der Waals surface area contributed by atoms with Gasteiger partial charge in [0, 0.05) is 0 Å². The van der Waals surface area contributed by atoms with Crippen LogP contribution in [-0.4, -0.2) is 0 Å². The molecule has 0 spiro atoms. The Bertz CT molecular complexity index is 1970. The molecule has 0 fully saturated rings. The molecule has 3 aromatic carbocycles. The molecule has 0 heterocycles. The normalized spacial score (nSPS) is 16.6. The van der Waals surface area contributed by atoms with Gasteiger partial charge in [-0.25, -0.2) is 0 Å². The molecular formula is C50H56. The van der Waals surface area contributed by atoms with Crippen LogP contribution in [0.15, 0.2) is 169 Å². The highest BCUT2D eigenvalue weighted by Gasteiger charge is 2.17. The standard InChI is InChI=1S/C48H50.C2H6/c1-6-9-11-13-18-36(4)40-26-24-38(25-27-40)34-45-33-32-44(39(8-3)20-10-7-2)35-47(45)48(46-23-17-16-19-37(46)5)43-30-28-42(29-31-43)41-21-14-12-15-22-41;1-2/h6,8-14,16-21,23-28,30,32-36H,1,7,15,22,29,31H2,2-5H3;1-2H3/b11-9-,18-13-,20-10-,39-8+,45-34+,48-47-;. The van der Waals surface area contributed by atoms with E-state index in [0.717, 1.165) is 32.1 Å². The molecule has 0 saturated heterocycles. The fraction of sp³-hybridized carbons (Fsp3) is 0.240. The van der Waals surface area contributed by atoms with E-state index in [1.54, 1.807) is 6.08 Å². The highest BCUT2D eigenvalue weighted by molar-refractivity contribution is 5.83. The lowest BCUT2D eigenvalue weighted by Gasteiger charge is -2.22. The van der Waals surface area contributed by atoms with Crippen molar-refractivity contribution in [1.29, 1.82) is 0 Å². The van der Waals surface area contributed by atoms with E-state index >= 15 is 0 Å². The van der Waals surface area contributed by atoms with E-state index in [1.165, 1.54) is 66.1 Å². The Balaban J connectivity index is 0.00000276. The highest BCUT2D eigenvalue weighted by atomic mass is 14.2. The molecular weight excluding hydrogens is 601 g/mol. The van der Waals surface area contributed by atoms with Gasteiger partial charge in [-0.1, -0.05) is 174 Å². The summed E-state index contributed by atoms with van der Waals surface area (Å²) in [5.74, 6) is 0.330. The van der Waals surface area contributed by atoms with Crippen molar-refractivity contribution in [3.05, 3.63) is 207 Å². The molecule has 3 aromatic rings. The first-order valence-corrected chi connectivity index (χ1v) is 18.6. The number of hydrogen-bond donors (Lipinski definition) is 0. The van der Waals surface area contributed by atoms with Crippen LogP contribution in [0.4, 0.5) is 0 Å². The molecule has 256 valence electrons. The predicted octanol–water partition coefficient (Wildman–Crippen LogP) is 12.7. The molecule has 0 aliphatic heterocycles. The molecule has 2 aliphatic carbocycles. The fourth-order valence-corrected chi connectivity index (χ4v) is 6.57. The van der Waals surface area contributed by atoms with Crippen LogP contribution in [0.2, 0.25) is 0 Å². The lowest BCUT2D eigenvalue weighted by atomic mass is 9.83. The quantitative estimate of drug-likeness (QED) is 0.180. The Hall–Kier alpha value is -4.94. The number of hydrogen-bond acceptors (Lipinski definition) is 0. The van der Waals surface area contributed by atoms with Crippen LogP contribution in [0.5, 0.6) is 0 Å². The SMILES string of the molecule is C=C/C=C\C=C/C(C)c1ccc(/C=c2\ccc(C(/C=C\CC)=C/C)c\c2=C(/C2=CC=C(C3=CC=CCC3)CC2)c2ccccc2C)cc1.CC. The fourth-order valence-electron chi connectivity index (χ4n) is 6.57. The molecule has 0 amide bonds. The second-order valence-electron chi connectivity index (χ2n) is 12.7. The minimum absolute atomic E-state index is 0.330. The zero-order chi connectivity index (χ0) is 35.7. The largest absolute Gasteiger partial charge is 0.0991 e. The maximum Gasteiger partial charge on any atom is -0.000731 e. The van der Waals surface area contributed by atoms with Crippen molar-refractivity contribution in [3.8, 4) is 0 Å². The van der Waals surface area contributed by atoms with Gasteiger partial charge >= 0.3 is 0 Å². The van der Waals surface area contributed by atoms with E-state index in [1.807, 2.05) is 26.0 Å². The summed E-state index contributed by atoms with van der Waals surface area (Å²) in [6, 6.07) is 24.9. The Labute approximate surface area is 303 Å². The van der Waals surface area contributed by atoms with Crippen molar-refractivity contribution in [2.75, 3.05) is 0 Å². The molecule has 50 heavy (non-hydrogen) atoms. The van der Waals surface area contributed by atoms with Gasteiger partial charge in [-0.05, 0) is 130 Å². The van der Waals surface area contributed by atoms with Crippen molar-refractivity contribution in [1.82, 2.24) is 0 Å². The van der Waals surface area contributed by atoms with Gasteiger partial charge < -0.3 is 0 Å². The zero-order valence-corrected chi connectivity index (χ0v) is 31.3. The molecule has 0 bridgehead atoms. The smallest absolute Gasteiger partial charge is 0.000731 e. The van der Waals surface area contributed by atoms with Crippen molar-refractivity contribution >= 4 is 17.2 Å². The first-order valence-electron chi connectivity index (χ1n) is 18.6. The molecule has 0 radical (unpaired) electrons. The van der Waals surface area contributed by atoms with Gasteiger partial charge in [0.05, 0.1) is 0 Å². The van der Waals surface area contributed by atoms with Gasteiger partial charge in [-0.2, -0.15) is 0 Å². The van der Waals surface area contributed by atoms with Crippen molar-refractivity contribution in [2.24, 2.45) is 0 Å². The summed E-state index contributed by atoms with van der Waals surface area (Å²) in [6.07, 6.45) is 36.2. The Morgan fingerprint density at radius 2 is 1.64 bits per heavy atom. The van der Waals surface area contributed by atoms with Crippen LogP contribution in [0.1, 0.15) is 100 Å². The Kier molecular flexibility index (Phi) is 15.1. The van der Waals surface area contributed by atoms with E-state index in [-0.39, 0.29) is 0 Å². The maximum atomic E-state index is 3.75. The maximum absolute atomic E-state index is 3.75. The number of aryl methyl sites for hydroxylation is 1. The molecule has 0 saturated carbocycles. The second-order valence-corrected chi connectivity index (χ2v) is 12.7. The number of allylic oxidation sites excluding steroid dienone is 17. The highest BCUT2D eigenvalue weighted by Crippen LogP contribution is 2.34. The average molecular weight is 657 g/mol. The molecule has 0 N–H and O–H groups in total. The summed E-state index contributed by atoms with van der Waals surface area (Å²) in [4.78, 5) is 0. The first kappa shape index (κ1) is 37.9. The van der Waals surface area contributed by atoms with Crippen LogP contribution in [0.25, 0.3) is 17.2 Å². The second kappa shape index (κ2) is 19.9. The molecule has 0 aromatic heterocycles. The molecule has 5 rings (SSSR count). The molecule has 0 heteroatoms. The molecule has 0 nitrogen and oxygen atoms in total. The molecule has 1 unspecified atom stereocenters. The molecule has 2 aliphatic rings. The van der Waals surface area contributed by atoms with Crippen molar-refractivity contribution in [2.45, 2.75) is 79.6 Å². The third-order valence-electron chi connectivity index (χ3n) is 9.35. The monoisotopic (exact) mass is 656 g/mol. The lowest BCUT2D eigenvalue weighted by Crippen LogP contribution is -2.29. The number of benzene rings is 3. The van der Waals surface area contributed by atoms with E-state index in [2.05, 4.69) is 168 Å². The first-order chi connectivity index (χ1) is 24.5. The van der Waals surface area contributed by atoms with E-state index < -0.39 is 0 Å². The van der Waals surface area contributed by atoms with Crippen LogP contribution in [0, 0.1) is 6.92 Å². The summed E-state index contributed by atoms with van der Waals surface area (Å²) in [5.41, 5.74) is 13.3. The Morgan fingerprint density at radius 1 is 0.860 bits per heavy atom. The van der Waals surface area contributed by atoms with Crippen molar-refractivity contribution in [3.63, 3.8) is 0 Å². The van der Waals surface area contributed by atoms with Gasteiger partial charge in [0.15, 0.2) is 0 Å². The Morgan fingerprint density at radius 3 is 2.30 bits per heavy atom. The van der Waals surface area contributed by atoms with Gasteiger partial charge in [0.2, 0.25) is 0 Å². The van der Waals surface area contributed by atoms with Gasteiger partial charge in [-0.15, -0.1) is 0 Å². The van der Waals surface area contributed by atoms with Gasteiger partial charge in [0.25, 0.3) is 0 Å². The molecule has 1 atom stereocenters. The third-order valence-corrected chi connectivity index (χ3v) is 9.35. The van der Waals surface area contributed by atoms with Crippen LogP contribution in [-0.2, 0) is 0 Å². The summed E-state index contributed by atoms with van der Waals surface area (Å²) < 4.78 is 0. The number of rotatable bonds is 11. The topological polar surface area (TPSA) is 0 Å². The van der Waals surface area contributed by atoms with E-state index in [9.17, 15) is 0 Å². The summed E-state index contributed by atoms with van der Waals surface area (Å²) >= 11 is 0. The van der Waals surface area contributed by atoms with E-state index in [0.29, 0.717) is 5.92 Å². The minimum atomic E-state index is 0.330. The summed E-state index contributed by atoms with van der Waals surface area (Å²) in [7, 11) is 0.